The Hall–Kier alpha value is -1.38. The van der Waals surface area contributed by atoms with Crippen LogP contribution in [0.4, 0.5) is 4.39 Å². The summed E-state index contributed by atoms with van der Waals surface area (Å²) in [6, 6.07) is 4.57. The van der Waals surface area contributed by atoms with Crippen molar-refractivity contribution < 1.29 is 13.9 Å². The van der Waals surface area contributed by atoms with E-state index < -0.39 is 5.92 Å². The molecule has 1 aromatic carbocycles. The summed E-state index contributed by atoms with van der Waals surface area (Å²) in [5.41, 5.74) is 0.431. The molecular weight excluding hydrogens is 195 g/mol. The van der Waals surface area contributed by atoms with Crippen LogP contribution in [0.2, 0.25) is 0 Å². The van der Waals surface area contributed by atoms with E-state index >= 15 is 0 Å². The van der Waals surface area contributed by atoms with Gasteiger partial charge in [0.2, 0.25) is 0 Å². The van der Waals surface area contributed by atoms with Gasteiger partial charge in [0.05, 0.1) is 7.11 Å². The van der Waals surface area contributed by atoms with Gasteiger partial charge in [-0.1, -0.05) is 19.9 Å². The van der Waals surface area contributed by atoms with E-state index in [2.05, 4.69) is 0 Å². The Morgan fingerprint density at radius 2 is 2.07 bits per heavy atom. The fourth-order valence-corrected chi connectivity index (χ4v) is 1.49. The van der Waals surface area contributed by atoms with Gasteiger partial charge in [0, 0.05) is 12.0 Å². The predicted octanol–water partition coefficient (Wildman–Crippen LogP) is 2.77. The molecule has 15 heavy (non-hydrogen) atoms. The van der Waals surface area contributed by atoms with Crippen LogP contribution >= 0.6 is 0 Å². The number of methoxy groups -OCH3 is 1. The van der Waals surface area contributed by atoms with Gasteiger partial charge in [0.1, 0.15) is 17.9 Å². The summed E-state index contributed by atoms with van der Waals surface area (Å²) in [6.45, 7) is 3.78. The second-order valence-electron chi connectivity index (χ2n) is 3.79. The second kappa shape index (κ2) is 4.91. The molecule has 0 fully saturated rings. The molecule has 0 aliphatic carbocycles. The first kappa shape index (κ1) is 11.7. The van der Waals surface area contributed by atoms with Crippen molar-refractivity contribution in [1.82, 2.24) is 0 Å². The first-order valence-electron chi connectivity index (χ1n) is 4.89. The van der Waals surface area contributed by atoms with Crippen LogP contribution in [0.5, 0.6) is 5.75 Å². The normalized spacial score (nSPS) is 12.6. The summed E-state index contributed by atoms with van der Waals surface area (Å²) in [6.07, 6.45) is 0.787. The number of hydrogen-bond acceptors (Lipinski definition) is 2. The Bertz CT molecular complexity index is 347. The van der Waals surface area contributed by atoms with Crippen molar-refractivity contribution in [2.24, 2.45) is 5.92 Å². The maximum absolute atomic E-state index is 13.6. The SMILES string of the molecule is COc1ccc(C(C=O)C(C)C)c(F)c1. The number of ether oxygens (including phenoxy) is 1. The molecule has 0 saturated heterocycles. The zero-order valence-corrected chi connectivity index (χ0v) is 9.16. The average molecular weight is 210 g/mol. The fourth-order valence-electron chi connectivity index (χ4n) is 1.49. The minimum Gasteiger partial charge on any atom is -0.497 e. The minimum atomic E-state index is -0.393. The van der Waals surface area contributed by atoms with Gasteiger partial charge in [-0.3, -0.25) is 0 Å². The van der Waals surface area contributed by atoms with Crippen molar-refractivity contribution in [3.05, 3.63) is 29.6 Å². The van der Waals surface area contributed by atoms with Crippen LogP contribution in [0, 0.1) is 11.7 Å². The van der Waals surface area contributed by atoms with Gasteiger partial charge >= 0.3 is 0 Å². The van der Waals surface area contributed by atoms with E-state index in [-0.39, 0.29) is 11.7 Å². The van der Waals surface area contributed by atoms with Crippen LogP contribution in [0.15, 0.2) is 18.2 Å². The maximum atomic E-state index is 13.6. The minimum absolute atomic E-state index is 0.0883. The highest BCUT2D eigenvalue weighted by atomic mass is 19.1. The topological polar surface area (TPSA) is 26.3 Å². The summed E-state index contributed by atoms with van der Waals surface area (Å²) >= 11 is 0. The molecular formula is C12H15FO2. The van der Waals surface area contributed by atoms with E-state index in [4.69, 9.17) is 4.74 Å². The van der Waals surface area contributed by atoms with Gasteiger partial charge in [-0.25, -0.2) is 4.39 Å². The first-order chi connectivity index (χ1) is 7.10. The zero-order chi connectivity index (χ0) is 11.4. The number of halogens is 1. The molecule has 1 aromatic rings. The quantitative estimate of drug-likeness (QED) is 0.714. The van der Waals surface area contributed by atoms with Crippen molar-refractivity contribution in [3.8, 4) is 5.75 Å². The number of benzene rings is 1. The second-order valence-corrected chi connectivity index (χ2v) is 3.79. The van der Waals surface area contributed by atoms with Crippen molar-refractivity contribution in [2.45, 2.75) is 19.8 Å². The molecule has 0 aliphatic heterocycles. The highest BCUT2D eigenvalue weighted by Gasteiger charge is 2.18. The molecule has 1 atom stereocenters. The first-order valence-corrected chi connectivity index (χ1v) is 4.89. The summed E-state index contributed by atoms with van der Waals surface area (Å²) in [4.78, 5) is 10.9. The Morgan fingerprint density at radius 1 is 1.40 bits per heavy atom. The summed E-state index contributed by atoms with van der Waals surface area (Å²) in [5.74, 6) is -0.230. The molecule has 1 rings (SSSR count). The lowest BCUT2D eigenvalue weighted by Gasteiger charge is -2.15. The van der Waals surface area contributed by atoms with Crippen molar-refractivity contribution >= 4 is 6.29 Å². The lowest BCUT2D eigenvalue weighted by Crippen LogP contribution is -2.10. The molecule has 0 N–H and O–H groups in total. The molecule has 0 heterocycles. The number of hydrogen-bond donors (Lipinski definition) is 0. The van der Waals surface area contributed by atoms with E-state index in [9.17, 15) is 9.18 Å². The lowest BCUT2D eigenvalue weighted by molar-refractivity contribution is -0.109. The summed E-state index contributed by atoms with van der Waals surface area (Å²) < 4.78 is 18.5. The highest BCUT2D eigenvalue weighted by Crippen LogP contribution is 2.27. The largest absolute Gasteiger partial charge is 0.497 e. The van der Waals surface area contributed by atoms with Crippen molar-refractivity contribution in [3.63, 3.8) is 0 Å². The van der Waals surface area contributed by atoms with Crippen LogP contribution in [-0.4, -0.2) is 13.4 Å². The molecule has 0 spiro atoms. The van der Waals surface area contributed by atoms with E-state index in [0.29, 0.717) is 11.3 Å². The lowest BCUT2D eigenvalue weighted by atomic mass is 9.89. The van der Waals surface area contributed by atoms with Gasteiger partial charge < -0.3 is 9.53 Å². The third-order valence-electron chi connectivity index (χ3n) is 2.43. The Kier molecular flexibility index (Phi) is 3.83. The fraction of sp³-hybridized carbons (Fsp3) is 0.417. The number of aldehydes is 1. The third-order valence-corrected chi connectivity index (χ3v) is 2.43. The molecule has 3 heteroatoms. The predicted molar refractivity (Wildman–Crippen MR) is 56.6 cm³/mol. The molecule has 1 unspecified atom stereocenters. The standard InChI is InChI=1S/C12H15FO2/c1-8(2)11(7-14)10-5-4-9(15-3)6-12(10)13/h4-8,11H,1-3H3. The Labute approximate surface area is 89.1 Å². The van der Waals surface area contributed by atoms with Crippen LogP contribution in [-0.2, 0) is 4.79 Å². The molecule has 82 valence electrons. The molecule has 0 aromatic heterocycles. The van der Waals surface area contributed by atoms with Crippen LogP contribution in [0.3, 0.4) is 0 Å². The van der Waals surface area contributed by atoms with Crippen molar-refractivity contribution in [1.29, 1.82) is 0 Å². The Morgan fingerprint density at radius 3 is 2.47 bits per heavy atom. The summed E-state index contributed by atoms with van der Waals surface area (Å²) in [5, 5.41) is 0. The highest BCUT2D eigenvalue weighted by molar-refractivity contribution is 5.63. The van der Waals surface area contributed by atoms with E-state index in [1.54, 1.807) is 12.1 Å². The van der Waals surface area contributed by atoms with Crippen molar-refractivity contribution in [2.75, 3.05) is 7.11 Å². The van der Waals surface area contributed by atoms with Gasteiger partial charge in [0.15, 0.2) is 0 Å². The van der Waals surface area contributed by atoms with Crippen LogP contribution in [0.1, 0.15) is 25.3 Å². The molecule has 0 saturated carbocycles. The van der Waals surface area contributed by atoms with Gasteiger partial charge in [-0.2, -0.15) is 0 Å². The van der Waals surface area contributed by atoms with Gasteiger partial charge in [0.25, 0.3) is 0 Å². The Balaban J connectivity index is 3.08. The van der Waals surface area contributed by atoms with Crippen LogP contribution < -0.4 is 4.74 Å². The van der Waals surface area contributed by atoms with E-state index in [1.807, 2.05) is 13.8 Å². The average Bonchev–Trinajstić information content (AvgIpc) is 2.20. The molecule has 0 radical (unpaired) electrons. The smallest absolute Gasteiger partial charge is 0.130 e. The number of carbonyl (C=O) groups excluding carboxylic acids is 1. The number of rotatable bonds is 4. The third kappa shape index (κ3) is 2.55. The van der Waals surface area contributed by atoms with E-state index in [0.717, 1.165) is 6.29 Å². The molecule has 2 nitrogen and oxygen atoms in total. The van der Waals surface area contributed by atoms with Gasteiger partial charge in [-0.05, 0) is 17.5 Å². The zero-order valence-electron chi connectivity index (χ0n) is 9.16. The number of carbonyl (C=O) groups is 1. The van der Waals surface area contributed by atoms with E-state index in [1.165, 1.54) is 13.2 Å². The maximum Gasteiger partial charge on any atom is 0.130 e. The molecule has 0 bridgehead atoms. The summed E-state index contributed by atoms with van der Waals surface area (Å²) in [7, 11) is 1.48. The van der Waals surface area contributed by atoms with Gasteiger partial charge in [-0.15, -0.1) is 0 Å². The molecule has 0 aliphatic rings. The molecule has 0 amide bonds. The monoisotopic (exact) mass is 210 g/mol. The van der Waals surface area contributed by atoms with Crippen LogP contribution in [0.25, 0.3) is 0 Å².